The minimum atomic E-state index is 0.228. The molecule has 1 unspecified atom stereocenters. The van der Waals surface area contributed by atoms with Crippen LogP contribution in [-0.2, 0) is 0 Å². The van der Waals surface area contributed by atoms with Crippen molar-refractivity contribution in [2.24, 2.45) is 0 Å². The highest BCUT2D eigenvalue weighted by atomic mass is 35.5. The van der Waals surface area contributed by atoms with Gasteiger partial charge in [-0.15, -0.1) is 11.3 Å². The molecule has 1 aromatic heterocycles. The van der Waals surface area contributed by atoms with Crippen LogP contribution in [0, 0.1) is 6.92 Å². The minimum absolute atomic E-state index is 0.228. The Kier molecular flexibility index (Phi) is 3.97. The lowest BCUT2D eigenvalue weighted by Gasteiger charge is -2.16. The Bertz CT molecular complexity index is 522. The van der Waals surface area contributed by atoms with Gasteiger partial charge in [0.25, 0.3) is 0 Å². The van der Waals surface area contributed by atoms with Gasteiger partial charge in [0.15, 0.2) is 0 Å². The molecule has 0 aliphatic carbocycles. The Morgan fingerprint density at radius 3 is 2.65 bits per heavy atom. The Morgan fingerprint density at radius 2 is 2.00 bits per heavy atom. The predicted molar refractivity (Wildman–Crippen MR) is 77.6 cm³/mol. The summed E-state index contributed by atoms with van der Waals surface area (Å²) in [6.45, 7) is 4.24. The third-order valence-electron chi connectivity index (χ3n) is 2.60. The summed E-state index contributed by atoms with van der Waals surface area (Å²) in [6.07, 6.45) is 0. The molecule has 0 saturated heterocycles. The first-order chi connectivity index (χ1) is 8.08. The molecule has 1 N–H and O–H groups in total. The highest BCUT2D eigenvalue weighted by Gasteiger charge is 2.11. The van der Waals surface area contributed by atoms with E-state index < -0.39 is 0 Å². The van der Waals surface area contributed by atoms with Gasteiger partial charge in [0.2, 0.25) is 0 Å². The van der Waals surface area contributed by atoms with Gasteiger partial charge in [-0.05, 0) is 49.1 Å². The second-order valence-electron chi connectivity index (χ2n) is 3.96. The average molecular weight is 286 g/mol. The number of hydrogen-bond acceptors (Lipinski definition) is 2. The fourth-order valence-corrected chi connectivity index (χ4v) is 3.01. The van der Waals surface area contributed by atoms with Crippen LogP contribution in [0.2, 0.25) is 10.0 Å². The maximum absolute atomic E-state index is 6.12. The normalized spacial score (nSPS) is 12.5. The van der Waals surface area contributed by atoms with Crippen LogP contribution in [0.1, 0.15) is 23.4 Å². The van der Waals surface area contributed by atoms with Crippen LogP contribution in [0.4, 0.5) is 5.69 Å². The molecule has 1 atom stereocenters. The van der Waals surface area contributed by atoms with Crippen molar-refractivity contribution in [3.63, 3.8) is 0 Å². The summed E-state index contributed by atoms with van der Waals surface area (Å²) in [5.41, 5.74) is 2.17. The highest BCUT2D eigenvalue weighted by Crippen LogP contribution is 2.31. The Morgan fingerprint density at radius 1 is 1.24 bits per heavy atom. The van der Waals surface area contributed by atoms with E-state index in [9.17, 15) is 0 Å². The molecule has 1 aromatic carbocycles. The van der Waals surface area contributed by atoms with E-state index in [1.54, 1.807) is 23.5 Å². The second kappa shape index (κ2) is 5.30. The SMILES string of the molecule is Cc1ccsc1C(C)Nc1cc(Cl)ccc1Cl. The first-order valence-electron chi connectivity index (χ1n) is 5.33. The summed E-state index contributed by atoms with van der Waals surface area (Å²) in [4.78, 5) is 1.32. The van der Waals surface area contributed by atoms with Gasteiger partial charge >= 0.3 is 0 Å². The number of aryl methyl sites for hydroxylation is 1. The third-order valence-corrected chi connectivity index (χ3v) is 4.36. The molecule has 0 spiro atoms. The Labute approximate surface area is 115 Å². The van der Waals surface area contributed by atoms with Crippen molar-refractivity contribution in [2.45, 2.75) is 19.9 Å². The monoisotopic (exact) mass is 285 g/mol. The molecule has 0 amide bonds. The zero-order chi connectivity index (χ0) is 12.4. The van der Waals surface area contributed by atoms with Crippen molar-refractivity contribution >= 4 is 40.2 Å². The number of benzene rings is 1. The minimum Gasteiger partial charge on any atom is -0.376 e. The largest absolute Gasteiger partial charge is 0.376 e. The van der Waals surface area contributed by atoms with Gasteiger partial charge in [-0.3, -0.25) is 0 Å². The van der Waals surface area contributed by atoms with Crippen molar-refractivity contribution in [3.05, 3.63) is 50.1 Å². The van der Waals surface area contributed by atoms with Crippen LogP contribution in [0.15, 0.2) is 29.6 Å². The molecule has 1 nitrogen and oxygen atoms in total. The van der Waals surface area contributed by atoms with Crippen LogP contribution in [0.5, 0.6) is 0 Å². The molecule has 0 aliphatic rings. The maximum atomic E-state index is 6.12. The van der Waals surface area contributed by atoms with E-state index in [2.05, 4.69) is 30.6 Å². The molecule has 0 saturated carbocycles. The van der Waals surface area contributed by atoms with Gasteiger partial charge in [0, 0.05) is 9.90 Å². The van der Waals surface area contributed by atoms with Crippen LogP contribution in [0.3, 0.4) is 0 Å². The molecule has 0 radical (unpaired) electrons. The van der Waals surface area contributed by atoms with E-state index in [0.29, 0.717) is 10.0 Å². The van der Waals surface area contributed by atoms with Crippen LogP contribution >= 0.6 is 34.5 Å². The van der Waals surface area contributed by atoms with E-state index >= 15 is 0 Å². The standard InChI is InChI=1S/C13H13Cl2NS/c1-8-5-6-17-13(8)9(2)16-12-7-10(14)3-4-11(12)15/h3-7,9,16H,1-2H3. The zero-order valence-corrected chi connectivity index (χ0v) is 12.0. The summed E-state index contributed by atoms with van der Waals surface area (Å²) >= 11 is 13.8. The molecule has 0 fully saturated rings. The van der Waals surface area contributed by atoms with Gasteiger partial charge in [-0.2, -0.15) is 0 Å². The molecule has 2 rings (SSSR count). The number of rotatable bonds is 3. The van der Waals surface area contributed by atoms with Gasteiger partial charge < -0.3 is 5.32 Å². The summed E-state index contributed by atoms with van der Waals surface area (Å²) in [7, 11) is 0. The fraction of sp³-hybridized carbons (Fsp3) is 0.231. The number of nitrogens with one attached hydrogen (secondary N) is 1. The quantitative estimate of drug-likeness (QED) is 0.781. The Balaban J connectivity index is 2.21. The van der Waals surface area contributed by atoms with Crippen molar-refractivity contribution in [1.29, 1.82) is 0 Å². The molecule has 90 valence electrons. The van der Waals surface area contributed by atoms with E-state index in [0.717, 1.165) is 5.69 Å². The lowest BCUT2D eigenvalue weighted by atomic mass is 10.2. The lowest BCUT2D eigenvalue weighted by molar-refractivity contribution is 0.899. The first-order valence-corrected chi connectivity index (χ1v) is 6.97. The average Bonchev–Trinajstić information content (AvgIpc) is 2.70. The summed E-state index contributed by atoms with van der Waals surface area (Å²) < 4.78 is 0. The van der Waals surface area contributed by atoms with Crippen molar-refractivity contribution in [2.75, 3.05) is 5.32 Å². The number of anilines is 1. The number of halogens is 2. The van der Waals surface area contributed by atoms with Gasteiger partial charge in [0.05, 0.1) is 16.8 Å². The zero-order valence-electron chi connectivity index (χ0n) is 9.63. The van der Waals surface area contributed by atoms with Gasteiger partial charge in [-0.1, -0.05) is 23.2 Å². The van der Waals surface area contributed by atoms with E-state index in [1.807, 2.05) is 6.07 Å². The third kappa shape index (κ3) is 2.95. The highest BCUT2D eigenvalue weighted by molar-refractivity contribution is 7.10. The molecule has 17 heavy (non-hydrogen) atoms. The summed E-state index contributed by atoms with van der Waals surface area (Å²) in [5, 5.41) is 6.87. The maximum Gasteiger partial charge on any atom is 0.0638 e. The molecular formula is C13H13Cl2NS. The smallest absolute Gasteiger partial charge is 0.0638 e. The Hall–Kier alpha value is -0.700. The van der Waals surface area contributed by atoms with Crippen LogP contribution in [0.25, 0.3) is 0 Å². The van der Waals surface area contributed by atoms with Crippen molar-refractivity contribution in [3.8, 4) is 0 Å². The van der Waals surface area contributed by atoms with Gasteiger partial charge in [0.1, 0.15) is 0 Å². The van der Waals surface area contributed by atoms with Gasteiger partial charge in [-0.25, -0.2) is 0 Å². The molecule has 2 aromatic rings. The summed E-state index contributed by atoms with van der Waals surface area (Å²) in [6, 6.07) is 7.79. The number of hydrogen-bond donors (Lipinski definition) is 1. The van der Waals surface area contributed by atoms with Crippen molar-refractivity contribution in [1.82, 2.24) is 0 Å². The van der Waals surface area contributed by atoms with Crippen molar-refractivity contribution < 1.29 is 0 Å². The predicted octanol–water partition coefficient (Wildman–Crippen LogP) is 5.54. The molecule has 0 aliphatic heterocycles. The molecule has 1 heterocycles. The van der Waals surface area contributed by atoms with E-state index in [-0.39, 0.29) is 6.04 Å². The topological polar surface area (TPSA) is 12.0 Å². The molecule has 0 bridgehead atoms. The van der Waals surface area contributed by atoms with Crippen LogP contribution in [-0.4, -0.2) is 0 Å². The van der Waals surface area contributed by atoms with E-state index in [4.69, 9.17) is 23.2 Å². The fourth-order valence-electron chi connectivity index (χ4n) is 1.73. The first kappa shape index (κ1) is 12.7. The summed E-state index contributed by atoms with van der Waals surface area (Å²) in [5.74, 6) is 0. The van der Waals surface area contributed by atoms with Crippen LogP contribution < -0.4 is 5.32 Å². The second-order valence-corrected chi connectivity index (χ2v) is 5.75. The number of thiophene rings is 1. The molecule has 4 heteroatoms. The molecular weight excluding hydrogens is 273 g/mol. The van der Waals surface area contributed by atoms with E-state index in [1.165, 1.54) is 10.4 Å². The lowest BCUT2D eigenvalue weighted by Crippen LogP contribution is -2.06.